The van der Waals surface area contributed by atoms with E-state index in [4.69, 9.17) is 5.11 Å². The summed E-state index contributed by atoms with van der Waals surface area (Å²) in [5.41, 5.74) is 1.07. The van der Waals surface area contributed by atoms with E-state index in [2.05, 4.69) is 42.5 Å². The molecule has 5 nitrogen and oxygen atoms in total. The lowest BCUT2D eigenvalue weighted by Crippen LogP contribution is -2.55. The molecule has 21 heavy (non-hydrogen) atoms. The Labute approximate surface area is 139 Å². The van der Waals surface area contributed by atoms with Crippen LogP contribution >= 0.6 is 31.9 Å². The number of aryl methyl sites for hydroxylation is 1. The summed E-state index contributed by atoms with van der Waals surface area (Å²) in [6.07, 6.45) is 2.29. The predicted molar refractivity (Wildman–Crippen MR) is 87.6 cm³/mol. The van der Waals surface area contributed by atoms with Gasteiger partial charge in [0.15, 0.2) is 0 Å². The molecule has 2 amide bonds. The summed E-state index contributed by atoms with van der Waals surface area (Å²) in [6.45, 7) is 1.95. The van der Waals surface area contributed by atoms with Crippen molar-refractivity contribution in [2.24, 2.45) is 0 Å². The SMILES string of the molecule is Cc1cc(Br)c(NC(=O)NC2(CC(=O)O)CCC2)c(Br)c1. The number of carboxylic acids is 1. The molecule has 1 saturated carbocycles. The number of hydrogen-bond donors (Lipinski definition) is 3. The topological polar surface area (TPSA) is 78.4 Å². The zero-order valence-electron chi connectivity index (χ0n) is 11.5. The summed E-state index contributed by atoms with van der Waals surface area (Å²) < 4.78 is 1.54. The van der Waals surface area contributed by atoms with E-state index in [0.717, 1.165) is 20.9 Å². The second-order valence-electron chi connectivity index (χ2n) is 5.39. The van der Waals surface area contributed by atoms with Crippen molar-refractivity contribution in [3.63, 3.8) is 0 Å². The lowest BCUT2D eigenvalue weighted by Gasteiger charge is -2.41. The second kappa shape index (κ2) is 6.36. The number of aliphatic carboxylic acids is 1. The summed E-state index contributed by atoms with van der Waals surface area (Å²) in [6, 6.07) is 3.41. The number of anilines is 1. The Morgan fingerprint density at radius 3 is 2.29 bits per heavy atom. The molecular formula is C14H16Br2N2O3. The molecule has 7 heteroatoms. The third-order valence-corrected chi connectivity index (χ3v) is 4.85. The summed E-state index contributed by atoms with van der Waals surface area (Å²) in [5.74, 6) is -0.896. The molecule has 0 bridgehead atoms. The van der Waals surface area contributed by atoms with E-state index < -0.39 is 11.5 Å². The summed E-state index contributed by atoms with van der Waals surface area (Å²) in [4.78, 5) is 23.0. The standard InChI is InChI=1S/C14H16Br2N2O3/c1-8-5-9(15)12(10(16)6-8)17-13(21)18-14(3-2-4-14)7-11(19)20/h5-6H,2-4,7H2,1H3,(H,19,20)(H2,17,18,21). The smallest absolute Gasteiger partial charge is 0.319 e. The van der Waals surface area contributed by atoms with Crippen LogP contribution in [0.25, 0.3) is 0 Å². The molecule has 0 spiro atoms. The normalized spacial score (nSPS) is 16.0. The molecule has 2 rings (SSSR count). The maximum Gasteiger partial charge on any atom is 0.319 e. The van der Waals surface area contributed by atoms with Crippen molar-refractivity contribution in [3.05, 3.63) is 26.6 Å². The van der Waals surface area contributed by atoms with Crippen LogP contribution in [0.4, 0.5) is 10.5 Å². The lowest BCUT2D eigenvalue weighted by molar-refractivity contribution is -0.139. The van der Waals surface area contributed by atoms with Gasteiger partial charge in [0, 0.05) is 8.95 Å². The highest BCUT2D eigenvalue weighted by Gasteiger charge is 2.40. The number of amides is 2. The third kappa shape index (κ3) is 3.97. The van der Waals surface area contributed by atoms with Crippen molar-refractivity contribution in [3.8, 4) is 0 Å². The highest BCUT2D eigenvalue weighted by molar-refractivity contribution is 9.11. The van der Waals surface area contributed by atoms with Crippen molar-refractivity contribution in [1.82, 2.24) is 5.32 Å². The van der Waals surface area contributed by atoms with E-state index in [-0.39, 0.29) is 12.5 Å². The van der Waals surface area contributed by atoms with Crippen molar-refractivity contribution >= 4 is 49.5 Å². The van der Waals surface area contributed by atoms with Crippen molar-refractivity contribution in [2.75, 3.05) is 5.32 Å². The van der Waals surface area contributed by atoms with E-state index in [0.29, 0.717) is 18.5 Å². The molecule has 3 N–H and O–H groups in total. The van der Waals surface area contributed by atoms with Crippen LogP contribution in [-0.2, 0) is 4.79 Å². The van der Waals surface area contributed by atoms with E-state index in [1.807, 2.05) is 19.1 Å². The van der Waals surface area contributed by atoms with Gasteiger partial charge in [0.2, 0.25) is 0 Å². The highest BCUT2D eigenvalue weighted by atomic mass is 79.9. The number of rotatable bonds is 4. The lowest BCUT2D eigenvalue weighted by atomic mass is 9.74. The average Bonchev–Trinajstić information content (AvgIpc) is 2.30. The van der Waals surface area contributed by atoms with Gasteiger partial charge in [-0.25, -0.2) is 4.79 Å². The molecule has 0 aromatic heterocycles. The Balaban J connectivity index is 2.07. The Bertz CT molecular complexity index is 563. The number of nitrogens with one attached hydrogen (secondary N) is 2. The molecule has 0 aliphatic heterocycles. The van der Waals surface area contributed by atoms with Gasteiger partial charge >= 0.3 is 12.0 Å². The number of carboxylic acid groups (broad SMARTS) is 1. The largest absolute Gasteiger partial charge is 0.481 e. The minimum absolute atomic E-state index is 0.0450. The number of carbonyl (C=O) groups excluding carboxylic acids is 1. The molecule has 1 fully saturated rings. The fourth-order valence-electron chi connectivity index (χ4n) is 2.44. The van der Waals surface area contributed by atoms with Crippen molar-refractivity contribution in [2.45, 2.75) is 38.1 Å². The fourth-order valence-corrected chi connectivity index (χ4v) is 4.06. The van der Waals surface area contributed by atoms with Crippen LogP contribution < -0.4 is 10.6 Å². The molecule has 0 heterocycles. The van der Waals surface area contributed by atoms with Gasteiger partial charge < -0.3 is 15.7 Å². The molecule has 1 aromatic rings. The molecule has 0 atom stereocenters. The van der Waals surface area contributed by atoms with E-state index >= 15 is 0 Å². The van der Waals surface area contributed by atoms with Gasteiger partial charge in [0.05, 0.1) is 17.6 Å². The van der Waals surface area contributed by atoms with Gasteiger partial charge in [0.1, 0.15) is 0 Å². The first kappa shape index (κ1) is 16.3. The molecular weight excluding hydrogens is 404 g/mol. The summed E-state index contributed by atoms with van der Waals surface area (Å²) in [7, 11) is 0. The van der Waals surface area contributed by atoms with Gasteiger partial charge in [-0.05, 0) is 75.7 Å². The maximum absolute atomic E-state index is 12.1. The van der Waals surface area contributed by atoms with Gasteiger partial charge in [-0.3, -0.25) is 4.79 Å². The Kier molecular flexibility index (Phi) is 4.93. The van der Waals surface area contributed by atoms with E-state index in [1.54, 1.807) is 0 Å². The molecule has 1 aliphatic rings. The van der Waals surface area contributed by atoms with Crippen LogP contribution in [0.1, 0.15) is 31.2 Å². The first-order chi connectivity index (χ1) is 9.81. The van der Waals surface area contributed by atoms with Gasteiger partial charge in [0.25, 0.3) is 0 Å². The Morgan fingerprint density at radius 1 is 1.29 bits per heavy atom. The summed E-state index contributed by atoms with van der Waals surface area (Å²) >= 11 is 6.82. The average molecular weight is 420 g/mol. The Morgan fingerprint density at radius 2 is 1.86 bits per heavy atom. The van der Waals surface area contributed by atoms with Gasteiger partial charge in [-0.1, -0.05) is 0 Å². The van der Waals surface area contributed by atoms with Crippen molar-refractivity contribution < 1.29 is 14.7 Å². The Hall–Kier alpha value is -1.08. The van der Waals surface area contributed by atoms with Crippen LogP contribution in [0.3, 0.4) is 0 Å². The van der Waals surface area contributed by atoms with Gasteiger partial charge in [-0.2, -0.15) is 0 Å². The minimum atomic E-state index is -0.896. The number of urea groups is 1. The number of carbonyl (C=O) groups is 2. The zero-order valence-corrected chi connectivity index (χ0v) is 14.7. The van der Waals surface area contributed by atoms with Crippen molar-refractivity contribution in [1.29, 1.82) is 0 Å². The van der Waals surface area contributed by atoms with Gasteiger partial charge in [-0.15, -0.1) is 0 Å². The predicted octanol–water partition coefficient (Wildman–Crippen LogP) is 4.04. The first-order valence-corrected chi connectivity index (χ1v) is 8.16. The van der Waals surface area contributed by atoms with Crippen LogP contribution in [0, 0.1) is 6.92 Å². The first-order valence-electron chi connectivity index (χ1n) is 6.58. The second-order valence-corrected chi connectivity index (χ2v) is 7.10. The van der Waals surface area contributed by atoms with Crippen LogP contribution in [-0.4, -0.2) is 22.6 Å². The van der Waals surface area contributed by atoms with Crippen LogP contribution in [0.15, 0.2) is 21.1 Å². The summed E-state index contributed by atoms with van der Waals surface area (Å²) in [5, 5.41) is 14.5. The van der Waals surface area contributed by atoms with E-state index in [9.17, 15) is 9.59 Å². The molecule has 1 aliphatic carbocycles. The molecule has 0 saturated heterocycles. The van der Waals surface area contributed by atoms with Crippen LogP contribution in [0.5, 0.6) is 0 Å². The molecule has 0 unspecified atom stereocenters. The third-order valence-electron chi connectivity index (χ3n) is 3.60. The number of hydrogen-bond acceptors (Lipinski definition) is 2. The zero-order chi connectivity index (χ0) is 15.6. The molecule has 1 aromatic carbocycles. The fraction of sp³-hybridized carbons (Fsp3) is 0.429. The van der Waals surface area contributed by atoms with E-state index in [1.165, 1.54) is 0 Å². The van der Waals surface area contributed by atoms with Crippen LogP contribution in [0.2, 0.25) is 0 Å². The number of halogens is 2. The highest BCUT2D eigenvalue weighted by Crippen LogP contribution is 2.36. The minimum Gasteiger partial charge on any atom is -0.481 e. The number of benzene rings is 1. The maximum atomic E-state index is 12.1. The quantitative estimate of drug-likeness (QED) is 0.689. The molecule has 0 radical (unpaired) electrons. The monoisotopic (exact) mass is 418 g/mol. The molecule has 114 valence electrons.